The lowest BCUT2D eigenvalue weighted by molar-refractivity contribution is 1.10. The Morgan fingerprint density at radius 3 is 2.92 bits per heavy atom. The van der Waals surface area contributed by atoms with Crippen LogP contribution in [0.1, 0.15) is 25.8 Å². The van der Waals surface area contributed by atoms with Gasteiger partial charge in [0.05, 0.1) is 0 Å². The van der Waals surface area contributed by atoms with Gasteiger partial charge >= 0.3 is 0 Å². The molecule has 1 rings (SSSR count). The fraction of sp³-hybridized carbons (Fsp3) is 0.364. The molecule has 12 heavy (non-hydrogen) atoms. The van der Waals surface area contributed by atoms with Crippen LogP contribution in [0.25, 0.3) is 0 Å². The summed E-state index contributed by atoms with van der Waals surface area (Å²) in [6.07, 6.45) is 3.38. The summed E-state index contributed by atoms with van der Waals surface area (Å²) in [7, 11) is 0. The zero-order valence-corrected chi connectivity index (χ0v) is 8.53. The van der Waals surface area contributed by atoms with E-state index in [1.165, 1.54) is 22.6 Å². The van der Waals surface area contributed by atoms with Crippen molar-refractivity contribution in [1.29, 1.82) is 0 Å². The third-order valence-corrected chi connectivity index (χ3v) is 2.86. The van der Waals surface area contributed by atoms with E-state index in [-0.39, 0.29) is 0 Å². The van der Waals surface area contributed by atoms with Crippen LogP contribution in [0.4, 0.5) is 0 Å². The molecule has 0 saturated heterocycles. The van der Waals surface area contributed by atoms with Gasteiger partial charge in [-0.1, -0.05) is 26.0 Å². The van der Waals surface area contributed by atoms with Gasteiger partial charge in [0.2, 0.25) is 0 Å². The predicted octanol–water partition coefficient (Wildman–Crippen LogP) is 3.76. The first-order valence-corrected chi connectivity index (χ1v) is 5.37. The molecular formula is C11H15S. The smallest absolute Gasteiger partial charge is 0.00747 e. The molecular weight excluding hydrogens is 164 g/mol. The lowest BCUT2D eigenvalue weighted by atomic mass is 10.2. The van der Waals surface area contributed by atoms with E-state index < -0.39 is 0 Å². The minimum absolute atomic E-state index is 1.22. The van der Waals surface area contributed by atoms with Crippen molar-refractivity contribution >= 4 is 11.8 Å². The molecule has 0 aliphatic heterocycles. The Hall–Kier alpha value is -0.430. The van der Waals surface area contributed by atoms with Gasteiger partial charge in [-0.2, -0.15) is 0 Å². The highest BCUT2D eigenvalue weighted by atomic mass is 32.2. The summed E-state index contributed by atoms with van der Waals surface area (Å²) in [6, 6.07) is 8.66. The zero-order chi connectivity index (χ0) is 8.81. The van der Waals surface area contributed by atoms with Crippen LogP contribution in [0.5, 0.6) is 0 Å². The lowest BCUT2D eigenvalue weighted by Crippen LogP contribution is -1.79. The normalized spacial score (nSPS) is 10.2. The molecule has 0 aliphatic carbocycles. The second-order valence-electron chi connectivity index (χ2n) is 2.71. The number of thioether (sulfide) groups is 1. The molecule has 0 fully saturated rings. The molecule has 0 heterocycles. The van der Waals surface area contributed by atoms with Crippen LogP contribution in [0.15, 0.2) is 29.2 Å². The van der Waals surface area contributed by atoms with Gasteiger partial charge in [0.15, 0.2) is 0 Å². The van der Waals surface area contributed by atoms with Crippen molar-refractivity contribution in [3.05, 3.63) is 36.2 Å². The Bertz CT molecular complexity index is 230. The molecule has 1 aromatic carbocycles. The van der Waals surface area contributed by atoms with Crippen molar-refractivity contribution < 1.29 is 0 Å². The summed E-state index contributed by atoms with van der Waals surface area (Å²) in [5.74, 6) is 1.22. The molecule has 0 atom stereocenters. The summed E-state index contributed by atoms with van der Waals surface area (Å²) in [5, 5.41) is 0. The minimum atomic E-state index is 1.22. The van der Waals surface area contributed by atoms with E-state index in [0.717, 1.165) is 0 Å². The Labute approximate surface area is 79.4 Å². The predicted molar refractivity (Wildman–Crippen MR) is 56.5 cm³/mol. The highest BCUT2D eigenvalue weighted by Gasteiger charge is 1.93. The molecule has 0 aromatic heterocycles. The first-order chi connectivity index (χ1) is 5.86. The maximum absolute atomic E-state index is 2.24. The summed E-state index contributed by atoms with van der Waals surface area (Å²) < 4.78 is 0. The second kappa shape index (κ2) is 5.26. The van der Waals surface area contributed by atoms with Crippen molar-refractivity contribution in [2.75, 3.05) is 5.75 Å². The van der Waals surface area contributed by atoms with E-state index in [9.17, 15) is 0 Å². The van der Waals surface area contributed by atoms with Crippen molar-refractivity contribution in [3.8, 4) is 0 Å². The SMILES string of the molecule is C[CH]c1cccc(SCCC)c1. The summed E-state index contributed by atoms with van der Waals surface area (Å²) in [5.41, 5.74) is 1.32. The van der Waals surface area contributed by atoms with Crippen LogP contribution < -0.4 is 0 Å². The van der Waals surface area contributed by atoms with E-state index >= 15 is 0 Å². The molecule has 0 nitrogen and oxygen atoms in total. The van der Waals surface area contributed by atoms with Gasteiger partial charge < -0.3 is 0 Å². The number of hydrogen-bond acceptors (Lipinski definition) is 1. The maximum atomic E-state index is 2.24. The number of hydrogen-bond donors (Lipinski definition) is 0. The highest BCUT2D eigenvalue weighted by Crippen LogP contribution is 2.20. The molecule has 0 N–H and O–H groups in total. The average molecular weight is 179 g/mol. The van der Waals surface area contributed by atoms with Crippen LogP contribution in [0.2, 0.25) is 0 Å². The Morgan fingerprint density at radius 1 is 1.42 bits per heavy atom. The van der Waals surface area contributed by atoms with Crippen molar-refractivity contribution in [2.45, 2.75) is 25.2 Å². The first kappa shape index (κ1) is 9.66. The van der Waals surface area contributed by atoms with Gasteiger partial charge in [-0.05, 0) is 36.3 Å². The standard InChI is InChI=1S/C11H15S/c1-3-8-12-11-7-5-6-10(4-2)9-11/h4-7,9H,3,8H2,1-2H3. The molecule has 0 spiro atoms. The second-order valence-corrected chi connectivity index (χ2v) is 3.88. The minimum Gasteiger partial charge on any atom is -0.126 e. The van der Waals surface area contributed by atoms with Gasteiger partial charge in [-0.25, -0.2) is 0 Å². The molecule has 1 aromatic rings. The summed E-state index contributed by atoms with van der Waals surface area (Å²) in [4.78, 5) is 1.38. The van der Waals surface area contributed by atoms with Crippen LogP contribution in [-0.4, -0.2) is 5.75 Å². The van der Waals surface area contributed by atoms with E-state index in [1.807, 2.05) is 11.8 Å². The molecule has 65 valence electrons. The van der Waals surface area contributed by atoms with Crippen LogP contribution in [0.3, 0.4) is 0 Å². The highest BCUT2D eigenvalue weighted by molar-refractivity contribution is 7.99. The molecule has 0 amide bonds. The van der Waals surface area contributed by atoms with E-state index in [4.69, 9.17) is 0 Å². The summed E-state index contributed by atoms with van der Waals surface area (Å²) >= 11 is 1.93. The van der Waals surface area contributed by atoms with Gasteiger partial charge in [0, 0.05) is 4.90 Å². The molecule has 0 unspecified atom stereocenters. The molecule has 0 aliphatic rings. The van der Waals surface area contributed by atoms with Crippen LogP contribution in [-0.2, 0) is 0 Å². The molecule has 1 radical (unpaired) electrons. The number of rotatable bonds is 4. The third kappa shape index (κ3) is 2.90. The zero-order valence-electron chi connectivity index (χ0n) is 7.71. The third-order valence-electron chi connectivity index (χ3n) is 1.66. The van der Waals surface area contributed by atoms with Crippen molar-refractivity contribution in [3.63, 3.8) is 0 Å². The molecule has 0 bridgehead atoms. The fourth-order valence-corrected chi connectivity index (χ4v) is 1.84. The largest absolute Gasteiger partial charge is 0.126 e. The monoisotopic (exact) mass is 179 g/mol. The Balaban J connectivity index is 2.60. The van der Waals surface area contributed by atoms with E-state index in [0.29, 0.717) is 0 Å². The number of benzene rings is 1. The van der Waals surface area contributed by atoms with Gasteiger partial charge in [-0.3, -0.25) is 0 Å². The van der Waals surface area contributed by atoms with Crippen molar-refractivity contribution in [2.24, 2.45) is 0 Å². The van der Waals surface area contributed by atoms with E-state index in [2.05, 4.69) is 44.5 Å². The summed E-state index contributed by atoms with van der Waals surface area (Å²) in [6.45, 7) is 4.28. The van der Waals surface area contributed by atoms with Crippen LogP contribution in [0, 0.1) is 6.42 Å². The first-order valence-electron chi connectivity index (χ1n) is 4.39. The van der Waals surface area contributed by atoms with Crippen molar-refractivity contribution in [1.82, 2.24) is 0 Å². The lowest BCUT2D eigenvalue weighted by Gasteiger charge is -2.01. The average Bonchev–Trinajstić information content (AvgIpc) is 2.15. The van der Waals surface area contributed by atoms with Gasteiger partial charge in [0.1, 0.15) is 0 Å². The maximum Gasteiger partial charge on any atom is 0.00747 e. The van der Waals surface area contributed by atoms with Crippen LogP contribution >= 0.6 is 11.8 Å². The quantitative estimate of drug-likeness (QED) is 0.634. The Kier molecular flexibility index (Phi) is 4.23. The van der Waals surface area contributed by atoms with Gasteiger partial charge in [-0.15, -0.1) is 11.8 Å². The molecule has 1 heteroatoms. The Morgan fingerprint density at radius 2 is 2.25 bits per heavy atom. The molecule has 0 saturated carbocycles. The topological polar surface area (TPSA) is 0 Å². The van der Waals surface area contributed by atoms with E-state index in [1.54, 1.807) is 0 Å². The van der Waals surface area contributed by atoms with Gasteiger partial charge in [0.25, 0.3) is 0 Å². The fourth-order valence-electron chi connectivity index (χ4n) is 1.00.